The summed E-state index contributed by atoms with van der Waals surface area (Å²) in [5, 5.41) is 3.21. The third-order valence-electron chi connectivity index (χ3n) is 3.55. The molecule has 1 aliphatic carbocycles. The van der Waals surface area contributed by atoms with Gasteiger partial charge in [-0.15, -0.1) is 0 Å². The van der Waals surface area contributed by atoms with E-state index < -0.39 is 0 Å². The number of esters is 1. The summed E-state index contributed by atoms with van der Waals surface area (Å²) in [5.41, 5.74) is 0.510. The van der Waals surface area contributed by atoms with Gasteiger partial charge in [0.25, 0.3) is 0 Å². The third-order valence-corrected chi connectivity index (χ3v) is 4.04. The molecule has 1 saturated carbocycles. The summed E-state index contributed by atoms with van der Waals surface area (Å²) >= 11 is 3.33. The molecule has 0 radical (unpaired) electrons. The summed E-state index contributed by atoms with van der Waals surface area (Å²) in [5.74, 6) is -0.388. The summed E-state index contributed by atoms with van der Waals surface area (Å²) in [4.78, 5) is 11.4. The molecule has 1 fully saturated rings. The number of carbonyl (C=O) groups excluding carboxylic acids is 1. The molecule has 0 aliphatic heterocycles. The number of nitrogens with one attached hydrogen (secondary N) is 1. The van der Waals surface area contributed by atoms with Gasteiger partial charge in [-0.1, -0.05) is 15.9 Å². The highest BCUT2D eigenvalue weighted by atomic mass is 79.9. The van der Waals surface area contributed by atoms with Crippen LogP contribution in [0.25, 0.3) is 0 Å². The first-order valence-electron chi connectivity index (χ1n) is 6.39. The lowest BCUT2D eigenvalue weighted by atomic mass is 9.86. The lowest BCUT2D eigenvalue weighted by Gasteiger charge is -2.28. The van der Waals surface area contributed by atoms with E-state index in [0.29, 0.717) is 5.69 Å². The van der Waals surface area contributed by atoms with Crippen LogP contribution < -0.4 is 5.32 Å². The smallest absolute Gasteiger partial charge is 0.308 e. The molecule has 0 bridgehead atoms. The van der Waals surface area contributed by atoms with E-state index >= 15 is 0 Å². The van der Waals surface area contributed by atoms with Crippen molar-refractivity contribution in [1.29, 1.82) is 0 Å². The molecule has 0 spiro atoms. The molecule has 1 aromatic carbocycles. The second kappa shape index (κ2) is 6.37. The van der Waals surface area contributed by atoms with Crippen molar-refractivity contribution < 1.29 is 13.9 Å². The maximum Gasteiger partial charge on any atom is 0.308 e. The van der Waals surface area contributed by atoms with Gasteiger partial charge in [0.2, 0.25) is 0 Å². The molecular weight excluding hydrogens is 313 g/mol. The Bertz CT molecular complexity index is 459. The Balaban J connectivity index is 1.92. The van der Waals surface area contributed by atoms with Crippen molar-refractivity contribution in [3.63, 3.8) is 0 Å². The van der Waals surface area contributed by atoms with Gasteiger partial charge < -0.3 is 10.1 Å². The molecule has 0 heterocycles. The van der Waals surface area contributed by atoms with E-state index in [4.69, 9.17) is 4.74 Å². The average Bonchev–Trinajstić information content (AvgIpc) is 2.43. The molecule has 0 saturated heterocycles. The van der Waals surface area contributed by atoms with Gasteiger partial charge >= 0.3 is 5.97 Å². The maximum absolute atomic E-state index is 13.6. The summed E-state index contributed by atoms with van der Waals surface area (Å²) in [6.07, 6.45) is 3.29. The summed E-state index contributed by atoms with van der Waals surface area (Å²) in [7, 11) is 1.42. The predicted molar refractivity (Wildman–Crippen MR) is 75.5 cm³/mol. The highest BCUT2D eigenvalue weighted by Crippen LogP contribution is 2.29. The Hall–Kier alpha value is -1.10. The van der Waals surface area contributed by atoms with E-state index in [2.05, 4.69) is 21.2 Å². The van der Waals surface area contributed by atoms with E-state index in [1.54, 1.807) is 12.1 Å². The maximum atomic E-state index is 13.6. The molecule has 0 amide bonds. The molecule has 2 rings (SSSR count). The molecule has 0 unspecified atom stereocenters. The zero-order valence-electron chi connectivity index (χ0n) is 10.8. The minimum Gasteiger partial charge on any atom is -0.469 e. The number of hydrogen-bond acceptors (Lipinski definition) is 3. The molecule has 104 valence electrons. The third kappa shape index (κ3) is 3.69. The molecular formula is C14H17BrFNO2. The molecule has 1 aliphatic rings. The van der Waals surface area contributed by atoms with Crippen LogP contribution >= 0.6 is 15.9 Å². The van der Waals surface area contributed by atoms with Crippen LogP contribution in [0.3, 0.4) is 0 Å². The second-order valence-electron chi connectivity index (χ2n) is 4.84. The van der Waals surface area contributed by atoms with Gasteiger partial charge in [-0.3, -0.25) is 4.79 Å². The Labute approximate surface area is 120 Å². The van der Waals surface area contributed by atoms with Crippen LogP contribution in [0.15, 0.2) is 22.7 Å². The summed E-state index contributed by atoms with van der Waals surface area (Å²) in [6.45, 7) is 0. The number of ether oxygens (including phenoxy) is 1. The van der Waals surface area contributed by atoms with Crippen molar-refractivity contribution in [2.45, 2.75) is 31.7 Å². The van der Waals surface area contributed by atoms with E-state index in [-0.39, 0.29) is 23.7 Å². The monoisotopic (exact) mass is 329 g/mol. The molecule has 3 nitrogen and oxygen atoms in total. The van der Waals surface area contributed by atoms with Crippen LogP contribution in [-0.4, -0.2) is 19.1 Å². The van der Waals surface area contributed by atoms with Gasteiger partial charge in [0.15, 0.2) is 0 Å². The van der Waals surface area contributed by atoms with Crippen molar-refractivity contribution in [3.8, 4) is 0 Å². The van der Waals surface area contributed by atoms with Gasteiger partial charge in [0.05, 0.1) is 18.7 Å². The zero-order chi connectivity index (χ0) is 13.8. The summed E-state index contributed by atoms with van der Waals surface area (Å²) < 4.78 is 19.2. The van der Waals surface area contributed by atoms with Crippen molar-refractivity contribution >= 4 is 27.6 Å². The number of benzene rings is 1. The fourth-order valence-corrected chi connectivity index (χ4v) is 2.83. The molecule has 0 atom stereocenters. The van der Waals surface area contributed by atoms with Crippen molar-refractivity contribution in [1.82, 2.24) is 0 Å². The van der Waals surface area contributed by atoms with Gasteiger partial charge in [-0.25, -0.2) is 4.39 Å². The van der Waals surface area contributed by atoms with Crippen LogP contribution in [0, 0.1) is 11.7 Å². The van der Waals surface area contributed by atoms with Gasteiger partial charge in [0, 0.05) is 10.5 Å². The minimum atomic E-state index is -0.252. The van der Waals surface area contributed by atoms with E-state index in [1.807, 2.05) is 0 Å². The number of anilines is 1. The number of rotatable bonds is 3. The first-order valence-corrected chi connectivity index (χ1v) is 7.19. The normalized spacial score (nSPS) is 22.9. The molecule has 1 aromatic rings. The van der Waals surface area contributed by atoms with Gasteiger partial charge in [-0.05, 0) is 43.9 Å². The summed E-state index contributed by atoms with van der Waals surface area (Å²) in [6, 6.07) is 5.06. The Morgan fingerprint density at radius 3 is 2.68 bits per heavy atom. The van der Waals surface area contributed by atoms with Crippen LogP contribution in [-0.2, 0) is 9.53 Å². The van der Waals surface area contributed by atoms with Crippen LogP contribution in [0.4, 0.5) is 10.1 Å². The van der Waals surface area contributed by atoms with Crippen molar-refractivity contribution in [3.05, 3.63) is 28.5 Å². The highest BCUT2D eigenvalue weighted by Gasteiger charge is 2.27. The Morgan fingerprint density at radius 1 is 1.37 bits per heavy atom. The predicted octanol–water partition coefficient (Wildman–Crippen LogP) is 3.73. The Kier molecular flexibility index (Phi) is 4.80. The quantitative estimate of drug-likeness (QED) is 0.858. The second-order valence-corrected chi connectivity index (χ2v) is 5.76. The number of hydrogen-bond donors (Lipinski definition) is 1. The van der Waals surface area contributed by atoms with Crippen molar-refractivity contribution in [2.75, 3.05) is 12.4 Å². The van der Waals surface area contributed by atoms with Gasteiger partial charge in [-0.2, -0.15) is 0 Å². The largest absolute Gasteiger partial charge is 0.469 e. The van der Waals surface area contributed by atoms with E-state index in [1.165, 1.54) is 13.2 Å². The lowest BCUT2D eigenvalue weighted by Crippen LogP contribution is -2.30. The Morgan fingerprint density at radius 2 is 2.05 bits per heavy atom. The van der Waals surface area contributed by atoms with Crippen molar-refractivity contribution in [2.24, 2.45) is 5.92 Å². The fraction of sp³-hybridized carbons (Fsp3) is 0.500. The molecule has 19 heavy (non-hydrogen) atoms. The average molecular weight is 330 g/mol. The SMILES string of the molecule is COC(=O)C1CCC(Nc2cc(Br)ccc2F)CC1. The number of methoxy groups -OCH3 is 1. The molecule has 0 aromatic heterocycles. The highest BCUT2D eigenvalue weighted by molar-refractivity contribution is 9.10. The van der Waals surface area contributed by atoms with E-state index in [0.717, 1.165) is 30.2 Å². The molecule has 5 heteroatoms. The standard InChI is InChI=1S/C14H17BrFNO2/c1-19-14(18)9-2-5-11(6-3-9)17-13-8-10(15)4-7-12(13)16/h4,7-9,11,17H,2-3,5-6H2,1H3. The van der Waals surface area contributed by atoms with Crippen LogP contribution in [0.5, 0.6) is 0 Å². The number of halogens is 2. The first kappa shape index (κ1) is 14.3. The topological polar surface area (TPSA) is 38.3 Å². The van der Waals surface area contributed by atoms with E-state index in [9.17, 15) is 9.18 Å². The minimum absolute atomic E-state index is 0.00425. The lowest BCUT2D eigenvalue weighted by molar-refractivity contribution is -0.146. The van der Waals surface area contributed by atoms with Crippen LogP contribution in [0.1, 0.15) is 25.7 Å². The fourth-order valence-electron chi connectivity index (χ4n) is 2.47. The number of carbonyl (C=O) groups is 1. The van der Waals surface area contributed by atoms with Crippen LogP contribution in [0.2, 0.25) is 0 Å². The zero-order valence-corrected chi connectivity index (χ0v) is 12.4. The first-order chi connectivity index (χ1) is 9.10. The molecule has 1 N–H and O–H groups in total. The van der Waals surface area contributed by atoms with Gasteiger partial charge in [0.1, 0.15) is 5.82 Å².